The Morgan fingerprint density at radius 3 is 2.81 bits per heavy atom. The van der Waals surface area contributed by atoms with Gasteiger partial charge in [-0.3, -0.25) is 14.8 Å². The van der Waals surface area contributed by atoms with Crippen molar-refractivity contribution >= 4 is 11.6 Å². The van der Waals surface area contributed by atoms with Gasteiger partial charge in [0.25, 0.3) is 5.91 Å². The lowest BCUT2D eigenvalue weighted by Crippen LogP contribution is -2.50. The van der Waals surface area contributed by atoms with Gasteiger partial charge in [0.1, 0.15) is 11.9 Å². The zero-order valence-corrected chi connectivity index (χ0v) is 13.8. The number of carbonyl (C=O) groups is 1. The monoisotopic (exact) mass is 344 g/mol. The van der Waals surface area contributed by atoms with Crippen LogP contribution in [0.3, 0.4) is 0 Å². The number of anilines is 1. The third kappa shape index (κ3) is 2.90. The summed E-state index contributed by atoms with van der Waals surface area (Å²) in [5, 5.41) is 17.1. The number of carbonyl (C=O) groups excluding carboxylic acids is 1. The highest BCUT2D eigenvalue weighted by Crippen LogP contribution is 2.27. The fraction of sp³-hybridized carbons (Fsp3) is 0.105. The highest BCUT2D eigenvalue weighted by atomic mass is 16.2. The summed E-state index contributed by atoms with van der Waals surface area (Å²) in [4.78, 5) is 16.6. The van der Waals surface area contributed by atoms with Gasteiger partial charge in [-0.15, -0.1) is 0 Å². The maximum Gasteiger partial charge on any atom is 0.274 e. The fourth-order valence-corrected chi connectivity index (χ4v) is 3.01. The lowest BCUT2D eigenvalue weighted by Gasteiger charge is -2.34. The second-order valence-corrected chi connectivity index (χ2v) is 5.89. The van der Waals surface area contributed by atoms with Crippen molar-refractivity contribution in [2.45, 2.75) is 12.2 Å². The number of hydrazine groups is 1. The second kappa shape index (κ2) is 6.70. The molecule has 2 atom stereocenters. The van der Waals surface area contributed by atoms with Crippen molar-refractivity contribution in [3.63, 3.8) is 0 Å². The van der Waals surface area contributed by atoms with Crippen LogP contribution in [0.5, 0.6) is 0 Å². The molecule has 0 spiro atoms. The summed E-state index contributed by atoms with van der Waals surface area (Å²) < 4.78 is 0. The van der Waals surface area contributed by atoms with E-state index in [4.69, 9.17) is 0 Å². The quantitative estimate of drug-likeness (QED) is 0.735. The van der Waals surface area contributed by atoms with Crippen LogP contribution in [0, 0.1) is 11.3 Å². The van der Waals surface area contributed by atoms with Crippen molar-refractivity contribution in [3.05, 3.63) is 84.0 Å². The van der Waals surface area contributed by atoms with Gasteiger partial charge in [0.2, 0.25) is 0 Å². The molecule has 0 fully saturated rings. The Bertz CT molecular complexity index is 931. The van der Waals surface area contributed by atoms with Gasteiger partial charge in [0, 0.05) is 24.3 Å². The predicted octanol–water partition coefficient (Wildman–Crippen LogP) is 1.78. The highest BCUT2D eigenvalue weighted by Gasteiger charge is 2.33. The van der Waals surface area contributed by atoms with E-state index in [-0.39, 0.29) is 18.1 Å². The maximum absolute atomic E-state index is 12.6. The topological polar surface area (TPSA) is 93.1 Å². The average molecular weight is 344 g/mol. The van der Waals surface area contributed by atoms with Gasteiger partial charge in [-0.2, -0.15) is 5.26 Å². The number of hydrogen-bond acceptors (Lipinski definition) is 6. The van der Waals surface area contributed by atoms with Crippen molar-refractivity contribution in [3.8, 4) is 6.07 Å². The zero-order valence-electron chi connectivity index (χ0n) is 13.8. The number of fused-ring (bicyclic) bond motifs is 1. The second-order valence-electron chi connectivity index (χ2n) is 5.89. The van der Waals surface area contributed by atoms with Crippen LogP contribution in [-0.2, 0) is 4.79 Å². The number of aromatic nitrogens is 1. The third-order valence-electron chi connectivity index (χ3n) is 4.28. The molecule has 0 radical (unpaired) electrons. The number of amides is 1. The van der Waals surface area contributed by atoms with Crippen LogP contribution in [0.2, 0.25) is 0 Å². The normalized spacial score (nSPS) is 20.6. The summed E-state index contributed by atoms with van der Waals surface area (Å²) in [5.74, 6) is -0.235. The van der Waals surface area contributed by atoms with E-state index >= 15 is 0 Å². The summed E-state index contributed by atoms with van der Waals surface area (Å²) in [7, 11) is 0. The van der Waals surface area contributed by atoms with Crippen LogP contribution in [-0.4, -0.2) is 22.1 Å². The maximum atomic E-state index is 12.6. The molecule has 7 heteroatoms. The highest BCUT2D eigenvalue weighted by molar-refractivity contribution is 6.03. The fourth-order valence-electron chi connectivity index (χ4n) is 3.01. The zero-order chi connectivity index (χ0) is 17.9. The Kier molecular flexibility index (Phi) is 4.09. The Labute approximate surface area is 150 Å². The molecule has 7 nitrogen and oxygen atoms in total. The van der Waals surface area contributed by atoms with Crippen molar-refractivity contribution in [1.29, 1.82) is 5.26 Å². The first kappa shape index (κ1) is 15.9. The standard InChI is InChI=1S/C19H16N6O/c20-11-13-3-1-2-4-15(13)16-5-6-18-22-12-17(25(18)24-16)19(26)23-14-7-9-21-10-8-14/h1-10,12,16,18,22,24H,(H,21,23,26). The number of pyridine rings is 1. The van der Waals surface area contributed by atoms with Crippen LogP contribution in [0.1, 0.15) is 17.2 Å². The molecule has 26 heavy (non-hydrogen) atoms. The number of nitrogens with zero attached hydrogens (tertiary/aromatic N) is 3. The van der Waals surface area contributed by atoms with E-state index in [2.05, 4.69) is 27.1 Å². The minimum Gasteiger partial charge on any atom is -0.365 e. The first-order valence-electron chi connectivity index (χ1n) is 8.16. The Morgan fingerprint density at radius 2 is 2.00 bits per heavy atom. The first-order chi connectivity index (χ1) is 12.8. The summed E-state index contributed by atoms with van der Waals surface area (Å²) >= 11 is 0. The summed E-state index contributed by atoms with van der Waals surface area (Å²) in [6, 6.07) is 12.9. The largest absolute Gasteiger partial charge is 0.365 e. The molecule has 3 N–H and O–H groups in total. The number of benzene rings is 1. The minimum absolute atomic E-state index is 0.154. The van der Waals surface area contributed by atoms with Crippen LogP contribution in [0.4, 0.5) is 5.69 Å². The van der Waals surface area contributed by atoms with Crippen LogP contribution >= 0.6 is 0 Å². The number of rotatable bonds is 3. The van der Waals surface area contributed by atoms with Gasteiger partial charge in [-0.05, 0) is 29.8 Å². The number of nitriles is 1. The Hall–Kier alpha value is -3.63. The molecule has 2 aromatic rings. The molecule has 2 aliphatic heterocycles. The Balaban J connectivity index is 1.54. The van der Waals surface area contributed by atoms with Crippen molar-refractivity contribution in [1.82, 2.24) is 20.7 Å². The van der Waals surface area contributed by atoms with Gasteiger partial charge in [0.05, 0.1) is 17.7 Å². The molecular formula is C19H16N6O. The van der Waals surface area contributed by atoms with E-state index in [1.807, 2.05) is 30.4 Å². The molecule has 1 aromatic carbocycles. The number of hydrogen-bond donors (Lipinski definition) is 3. The molecule has 2 aliphatic rings. The van der Waals surface area contributed by atoms with Gasteiger partial charge >= 0.3 is 0 Å². The molecule has 0 saturated carbocycles. The molecule has 4 rings (SSSR count). The average Bonchev–Trinajstić information content (AvgIpc) is 3.12. The molecule has 3 heterocycles. The smallest absolute Gasteiger partial charge is 0.274 e. The molecular weight excluding hydrogens is 328 g/mol. The van der Waals surface area contributed by atoms with Crippen molar-refractivity contribution in [2.75, 3.05) is 5.32 Å². The first-order valence-corrected chi connectivity index (χ1v) is 8.16. The molecule has 2 unspecified atom stereocenters. The lowest BCUT2D eigenvalue weighted by atomic mass is 10.00. The van der Waals surface area contributed by atoms with Crippen LogP contribution in [0.15, 0.2) is 72.8 Å². The van der Waals surface area contributed by atoms with Crippen molar-refractivity contribution < 1.29 is 4.79 Å². The van der Waals surface area contributed by atoms with Crippen LogP contribution in [0.25, 0.3) is 0 Å². The van der Waals surface area contributed by atoms with Crippen molar-refractivity contribution in [2.24, 2.45) is 0 Å². The molecule has 128 valence electrons. The van der Waals surface area contributed by atoms with E-state index in [0.717, 1.165) is 5.56 Å². The molecule has 0 bridgehead atoms. The van der Waals surface area contributed by atoms with Gasteiger partial charge in [-0.25, -0.2) is 5.43 Å². The van der Waals surface area contributed by atoms with Crippen LogP contribution < -0.4 is 16.1 Å². The van der Waals surface area contributed by atoms with E-state index in [1.165, 1.54) is 0 Å². The third-order valence-corrected chi connectivity index (χ3v) is 4.28. The number of nitrogens with one attached hydrogen (secondary N) is 3. The minimum atomic E-state index is -0.235. The summed E-state index contributed by atoms with van der Waals surface area (Å²) in [6.45, 7) is 0. The Morgan fingerprint density at radius 1 is 1.19 bits per heavy atom. The lowest BCUT2D eigenvalue weighted by molar-refractivity contribution is -0.114. The molecule has 1 amide bonds. The van der Waals surface area contributed by atoms with E-state index < -0.39 is 0 Å². The molecule has 0 aliphatic carbocycles. The van der Waals surface area contributed by atoms with E-state index in [1.54, 1.807) is 41.8 Å². The van der Waals surface area contributed by atoms with Gasteiger partial charge < -0.3 is 10.6 Å². The van der Waals surface area contributed by atoms with E-state index in [9.17, 15) is 10.1 Å². The SMILES string of the molecule is N#Cc1ccccc1C1C=CC2NC=C(C(=O)Nc3ccncc3)N2N1. The summed E-state index contributed by atoms with van der Waals surface area (Å²) in [5.41, 5.74) is 5.93. The predicted molar refractivity (Wildman–Crippen MR) is 95.9 cm³/mol. The van der Waals surface area contributed by atoms with Gasteiger partial charge in [0.15, 0.2) is 0 Å². The van der Waals surface area contributed by atoms with E-state index in [0.29, 0.717) is 16.9 Å². The van der Waals surface area contributed by atoms with Gasteiger partial charge in [-0.1, -0.05) is 24.3 Å². The molecule has 1 aromatic heterocycles. The molecule has 0 saturated heterocycles. The summed E-state index contributed by atoms with van der Waals surface area (Å²) in [6.07, 6.45) is 8.73.